The van der Waals surface area contributed by atoms with E-state index in [2.05, 4.69) is 39.6 Å². The molecule has 2 aromatic heterocycles. The number of hydrogen-bond acceptors (Lipinski definition) is 4. The lowest BCUT2D eigenvalue weighted by Gasteiger charge is -2.33. The Morgan fingerprint density at radius 3 is 2.50 bits per heavy atom. The molecule has 1 amide bonds. The molecule has 0 bridgehead atoms. The Bertz CT molecular complexity index is 1370. The fraction of sp³-hybridized carbons (Fsp3) is 0.370. The van der Waals surface area contributed by atoms with Crippen LogP contribution in [0.5, 0.6) is 0 Å². The van der Waals surface area contributed by atoms with Gasteiger partial charge in [-0.2, -0.15) is 5.10 Å². The third-order valence-corrected chi connectivity index (χ3v) is 6.99. The van der Waals surface area contributed by atoms with Crippen molar-refractivity contribution in [2.24, 2.45) is 7.05 Å². The van der Waals surface area contributed by atoms with E-state index in [0.29, 0.717) is 11.9 Å². The van der Waals surface area contributed by atoms with Crippen molar-refractivity contribution in [2.45, 2.75) is 44.8 Å². The number of carbonyl (C=O) groups excluding carboxylic acids is 1. The third-order valence-electron chi connectivity index (χ3n) is 6.99. The number of amides is 1. The summed E-state index contributed by atoms with van der Waals surface area (Å²) in [4.78, 5) is 29.1. The highest BCUT2D eigenvalue weighted by atomic mass is 16.2. The minimum atomic E-state index is -0.458. The Morgan fingerprint density at radius 1 is 1.06 bits per heavy atom. The van der Waals surface area contributed by atoms with Crippen LogP contribution in [0.2, 0.25) is 0 Å². The summed E-state index contributed by atoms with van der Waals surface area (Å²) < 4.78 is 3.26. The number of hydrogen-bond donors (Lipinski definition) is 1. The van der Waals surface area contributed by atoms with Gasteiger partial charge in [0.1, 0.15) is 11.6 Å². The van der Waals surface area contributed by atoms with Gasteiger partial charge < -0.3 is 9.88 Å². The quantitative estimate of drug-likeness (QED) is 0.480. The molecule has 5 rings (SSSR count). The second-order valence-electron chi connectivity index (χ2n) is 9.19. The molecule has 0 aliphatic carbocycles. The van der Waals surface area contributed by atoms with Crippen molar-refractivity contribution in [1.29, 1.82) is 0 Å². The second kappa shape index (κ2) is 9.43. The predicted molar refractivity (Wildman–Crippen MR) is 135 cm³/mol. The van der Waals surface area contributed by atoms with Crippen LogP contribution in [0.25, 0.3) is 21.8 Å². The Kier molecular flexibility index (Phi) is 6.20. The van der Waals surface area contributed by atoms with E-state index in [1.165, 1.54) is 10.2 Å². The Labute approximate surface area is 199 Å². The van der Waals surface area contributed by atoms with E-state index in [-0.39, 0.29) is 17.5 Å². The van der Waals surface area contributed by atoms with Gasteiger partial charge in [-0.3, -0.25) is 14.5 Å². The first kappa shape index (κ1) is 22.3. The van der Waals surface area contributed by atoms with E-state index >= 15 is 0 Å². The van der Waals surface area contributed by atoms with E-state index in [1.807, 2.05) is 41.8 Å². The molecule has 7 heteroatoms. The van der Waals surface area contributed by atoms with Crippen molar-refractivity contribution in [1.82, 2.24) is 24.6 Å². The number of nitrogens with zero attached hydrogens (tertiary/aromatic N) is 4. The number of aryl methyl sites for hydroxylation is 1. The summed E-state index contributed by atoms with van der Waals surface area (Å²) in [5.41, 5.74) is 2.56. The molecule has 0 unspecified atom stereocenters. The van der Waals surface area contributed by atoms with Gasteiger partial charge in [-0.1, -0.05) is 55.5 Å². The number of para-hydroxylation sites is 1. The number of benzene rings is 2. The standard InChI is InChI=1S/C27H31N5O2/c1-3-23(26(33)29-20-13-15-31(16-14-20)18-19-9-5-4-6-10-19)32-24-12-8-7-11-21(24)22-17-28-30(2)27(34)25(22)32/h4-12,17,20,23H,3,13-16,18H2,1-2H3,(H,29,33)/t23-/m1/s1. The summed E-state index contributed by atoms with van der Waals surface area (Å²) in [7, 11) is 1.65. The van der Waals surface area contributed by atoms with Crippen molar-refractivity contribution >= 4 is 27.7 Å². The van der Waals surface area contributed by atoms with Gasteiger partial charge in [-0.05, 0) is 30.9 Å². The number of carbonyl (C=O) groups is 1. The van der Waals surface area contributed by atoms with Gasteiger partial charge in [0.25, 0.3) is 5.56 Å². The Balaban J connectivity index is 1.36. The van der Waals surface area contributed by atoms with Crippen LogP contribution in [-0.4, -0.2) is 44.3 Å². The SMILES string of the molecule is CC[C@H](C(=O)NC1CCN(Cc2ccccc2)CC1)n1c2ccccc2c2cnn(C)c(=O)c21. The van der Waals surface area contributed by atoms with Crippen LogP contribution in [-0.2, 0) is 18.4 Å². The lowest BCUT2D eigenvalue weighted by Crippen LogP contribution is -2.46. The van der Waals surface area contributed by atoms with Gasteiger partial charge in [-0.15, -0.1) is 0 Å². The molecular weight excluding hydrogens is 426 g/mol. The van der Waals surface area contributed by atoms with E-state index in [1.54, 1.807) is 13.2 Å². The summed E-state index contributed by atoms with van der Waals surface area (Å²) in [6.45, 7) is 4.85. The summed E-state index contributed by atoms with van der Waals surface area (Å²) in [6.07, 6.45) is 4.17. The van der Waals surface area contributed by atoms with Gasteiger partial charge in [0.2, 0.25) is 5.91 Å². The maximum atomic E-state index is 13.5. The molecule has 0 radical (unpaired) electrons. The first-order valence-corrected chi connectivity index (χ1v) is 12.1. The molecule has 1 fully saturated rings. The number of rotatable bonds is 6. The maximum absolute atomic E-state index is 13.5. The van der Waals surface area contributed by atoms with E-state index in [4.69, 9.17) is 0 Å². The summed E-state index contributed by atoms with van der Waals surface area (Å²) in [5, 5.41) is 9.25. The van der Waals surface area contributed by atoms with Gasteiger partial charge in [0.15, 0.2) is 0 Å². The fourth-order valence-corrected chi connectivity index (χ4v) is 5.17. The molecule has 1 N–H and O–H groups in total. The minimum Gasteiger partial charge on any atom is -0.351 e. The molecule has 1 aliphatic rings. The maximum Gasteiger partial charge on any atom is 0.291 e. The van der Waals surface area contributed by atoms with Crippen molar-refractivity contribution in [3.05, 3.63) is 76.7 Å². The van der Waals surface area contributed by atoms with Crippen LogP contribution >= 0.6 is 0 Å². The zero-order valence-electron chi connectivity index (χ0n) is 19.8. The summed E-state index contributed by atoms with van der Waals surface area (Å²) in [6, 6.07) is 18.1. The normalized spacial score (nSPS) is 16.2. The van der Waals surface area contributed by atoms with Crippen molar-refractivity contribution in [3.8, 4) is 0 Å². The molecule has 1 aliphatic heterocycles. The van der Waals surface area contributed by atoms with Crippen LogP contribution in [0, 0.1) is 0 Å². The Morgan fingerprint density at radius 2 is 1.76 bits per heavy atom. The number of likely N-dealkylation sites (tertiary alicyclic amines) is 1. The number of aromatic nitrogens is 3. The molecule has 1 saturated heterocycles. The highest BCUT2D eigenvalue weighted by Crippen LogP contribution is 2.31. The summed E-state index contributed by atoms with van der Waals surface area (Å²) in [5.74, 6) is -0.0227. The fourth-order valence-electron chi connectivity index (χ4n) is 5.17. The van der Waals surface area contributed by atoms with Crippen LogP contribution in [0.4, 0.5) is 0 Å². The van der Waals surface area contributed by atoms with Gasteiger partial charge in [-0.25, -0.2) is 4.68 Å². The molecule has 4 aromatic rings. The van der Waals surface area contributed by atoms with E-state index in [9.17, 15) is 9.59 Å². The average molecular weight is 458 g/mol. The van der Waals surface area contributed by atoms with Gasteiger partial charge in [0.05, 0.1) is 11.7 Å². The number of piperidine rings is 1. The van der Waals surface area contributed by atoms with Crippen molar-refractivity contribution in [2.75, 3.05) is 13.1 Å². The van der Waals surface area contributed by atoms with E-state index < -0.39 is 6.04 Å². The molecule has 7 nitrogen and oxygen atoms in total. The molecular formula is C27H31N5O2. The molecule has 0 spiro atoms. The van der Waals surface area contributed by atoms with Crippen molar-refractivity contribution in [3.63, 3.8) is 0 Å². The first-order chi connectivity index (χ1) is 16.6. The van der Waals surface area contributed by atoms with Crippen molar-refractivity contribution < 1.29 is 4.79 Å². The zero-order valence-corrected chi connectivity index (χ0v) is 19.8. The third kappa shape index (κ3) is 4.12. The summed E-state index contributed by atoms with van der Waals surface area (Å²) >= 11 is 0. The molecule has 0 saturated carbocycles. The molecule has 176 valence electrons. The largest absolute Gasteiger partial charge is 0.351 e. The zero-order chi connectivity index (χ0) is 23.7. The van der Waals surface area contributed by atoms with Gasteiger partial charge >= 0.3 is 0 Å². The smallest absolute Gasteiger partial charge is 0.291 e. The highest BCUT2D eigenvalue weighted by molar-refractivity contribution is 6.08. The van der Waals surface area contributed by atoms with Crippen LogP contribution < -0.4 is 10.9 Å². The van der Waals surface area contributed by atoms with Crippen LogP contribution in [0.1, 0.15) is 37.8 Å². The second-order valence-corrected chi connectivity index (χ2v) is 9.19. The molecule has 34 heavy (non-hydrogen) atoms. The number of fused-ring (bicyclic) bond motifs is 3. The average Bonchev–Trinajstić information content (AvgIpc) is 3.19. The molecule has 1 atom stereocenters. The van der Waals surface area contributed by atoms with Gasteiger partial charge in [0, 0.05) is 43.5 Å². The van der Waals surface area contributed by atoms with E-state index in [0.717, 1.165) is 48.8 Å². The lowest BCUT2D eigenvalue weighted by atomic mass is 10.0. The molecule has 2 aromatic carbocycles. The van der Waals surface area contributed by atoms with Crippen LogP contribution in [0.3, 0.4) is 0 Å². The topological polar surface area (TPSA) is 72.2 Å². The van der Waals surface area contributed by atoms with Crippen LogP contribution in [0.15, 0.2) is 65.6 Å². The molecule has 3 heterocycles. The predicted octanol–water partition coefficient (Wildman–Crippen LogP) is 3.62. The lowest BCUT2D eigenvalue weighted by molar-refractivity contribution is -0.125. The minimum absolute atomic E-state index is 0.0227. The number of nitrogens with one attached hydrogen (secondary N) is 1. The highest BCUT2D eigenvalue weighted by Gasteiger charge is 2.28. The monoisotopic (exact) mass is 457 g/mol. The Hall–Kier alpha value is -3.45. The first-order valence-electron chi connectivity index (χ1n) is 12.1.